The van der Waals surface area contributed by atoms with Gasteiger partial charge in [-0.05, 0) is 71.8 Å². The summed E-state index contributed by atoms with van der Waals surface area (Å²) in [6.07, 6.45) is -25.7. The van der Waals surface area contributed by atoms with Gasteiger partial charge in [0.25, 0.3) is 0 Å². The van der Waals surface area contributed by atoms with E-state index in [4.69, 9.17) is 56.9 Å². The van der Waals surface area contributed by atoms with Crippen LogP contribution >= 0.6 is 0 Å². The Morgan fingerprint density at radius 2 is 1.05 bits per heavy atom. The number of aliphatic hydroxyl groups excluding tert-OH is 8. The Morgan fingerprint density at radius 3 is 1.65 bits per heavy atom. The molecule has 0 unspecified atom stereocenters. The van der Waals surface area contributed by atoms with Crippen molar-refractivity contribution >= 4 is 47.0 Å². The number of hydrogen-bond acceptors (Lipinski definition) is 26. The van der Waals surface area contributed by atoms with Crippen molar-refractivity contribution < 1.29 is 137 Å². The first-order valence-corrected chi connectivity index (χ1v) is 25.1. The zero-order chi connectivity index (χ0) is 59.8. The highest BCUT2D eigenvalue weighted by Crippen LogP contribution is 2.43. The number of carbonyl (C=O) groups is 4. The molecule has 0 spiro atoms. The van der Waals surface area contributed by atoms with Gasteiger partial charge in [-0.15, -0.1) is 0 Å². The second kappa shape index (κ2) is 26.8. The molecule has 0 radical (unpaired) electrons. The average molecular weight is 1170 g/mol. The molecule has 4 heterocycles. The number of aliphatic hydroxyl groups is 8. The lowest BCUT2D eigenvalue weighted by atomic mass is 9.97. The van der Waals surface area contributed by atoms with E-state index in [2.05, 4.69) is 0 Å². The molecule has 83 heavy (non-hydrogen) atoms. The van der Waals surface area contributed by atoms with Gasteiger partial charge in [0.15, 0.2) is 23.9 Å². The van der Waals surface area contributed by atoms with E-state index < -0.39 is 159 Å². The Kier molecular flexibility index (Phi) is 19.6. The molecule has 3 fully saturated rings. The molecular formula is C55H57O28+. The van der Waals surface area contributed by atoms with Crippen LogP contribution in [0.4, 0.5) is 0 Å². The van der Waals surface area contributed by atoms with Crippen LogP contribution < -0.4 is 14.2 Å². The van der Waals surface area contributed by atoms with Crippen LogP contribution in [0, 0.1) is 0 Å². The van der Waals surface area contributed by atoms with E-state index in [1.54, 1.807) is 0 Å². The van der Waals surface area contributed by atoms with Crippen LogP contribution in [-0.4, -0.2) is 209 Å². The van der Waals surface area contributed by atoms with Crippen LogP contribution in [-0.2, 0) is 52.3 Å². The molecule has 15 atom stereocenters. The highest BCUT2D eigenvalue weighted by molar-refractivity contribution is 5.91. The van der Waals surface area contributed by atoms with E-state index in [9.17, 15) is 80.5 Å². The zero-order valence-corrected chi connectivity index (χ0v) is 43.3. The SMILES string of the molecule is COc1cc(/C=C/C(=O)OC[C@H]2O[C@@H](Oc3cc4c(O[C@@H]5O[C@H](COC(=O)CC(=O)O)[C@@H](O)[C@H](O)[C@H]5O)cc(O)cc4[o+]c3-c3ccc(O)cc3)[C@H](O[C@@H]3O[C@H](COC(=O)/C=C/c4ccc(O)cc4)[C@@H](O)[C@H](O)[C@H]3O)[C@@H](O)[C@@H]2O)ccc1O. The Hall–Kier alpha value is -8.23. The molecule has 28 heteroatoms. The molecule has 3 saturated heterocycles. The van der Waals surface area contributed by atoms with Crippen molar-refractivity contribution in [2.75, 3.05) is 26.9 Å². The number of aromatic hydroxyl groups is 4. The smallest absolute Gasteiger partial charge is 0.402 e. The van der Waals surface area contributed by atoms with Crippen molar-refractivity contribution in [3.8, 4) is 51.6 Å². The maximum Gasteiger partial charge on any atom is 0.402 e. The number of esters is 3. The van der Waals surface area contributed by atoms with Crippen LogP contribution in [0.3, 0.4) is 0 Å². The molecule has 0 saturated carbocycles. The van der Waals surface area contributed by atoms with Crippen molar-refractivity contribution in [2.24, 2.45) is 0 Å². The van der Waals surface area contributed by atoms with E-state index in [0.717, 1.165) is 24.3 Å². The number of ether oxygens (including phenoxy) is 10. The van der Waals surface area contributed by atoms with Gasteiger partial charge in [0.2, 0.25) is 18.3 Å². The minimum absolute atomic E-state index is 0.0215. The average Bonchev–Trinajstić information content (AvgIpc) is 3.38. The fourth-order valence-corrected chi connectivity index (χ4v) is 8.66. The third-order valence-electron chi connectivity index (χ3n) is 13.1. The molecule has 3 aliphatic rings. The number of phenolic OH excluding ortho intramolecular Hbond substituents is 4. The molecule has 1 aromatic heterocycles. The Labute approximate surface area is 468 Å². The highest BCUT2D eigenvalue weighted by atomic mass is 16.8. The number of rotatable bonds is 20. The summed E-state index contributed by atoms with van der Waals surface area (Å²) >= 11 is 0. The predicted molar refractivity (Wildman–Crippen MR) is 276 cm³/mol. The second-order valence-electron chi connectivity index (χ2n) is 18.9. The first-order chi connectivity index (χ1) is 39.6. The van der Waals surface area contributed by atoms with Crippen LogP contribution in [0.1, 0.15) is 17.5 Å². The minimum Gasteiger partial charge on any atom is -0.508 e. The zero-order valence-electron chi connectivity index (χ0n) is 43.3. The molecule has 5 aromatic rings. The lowest BCUT2D eigenvalue weighted by molar-refractivity contribution is -0.358. The number of hydrogen-bond donors (Lipinski definition) is 13. The van der Waals surface area contributed by atoms with E-state index in [-0.39, 0.29) is 45.3 Å². The molecule has 0 aliphatic carbocycles. The standard InChI is InChI=1S/C55H56O28/c1-73-34-16-25(4-13-31(34)59)6-15-41(63)75-22-38-45(67)48(70)52(83-54-50(72)47(69)43(65)36(81-54)21-74-40(62)14-5-24-2-9-27(56)10-3-24)55(82-38)79-35-19-30-32(77-51(35)26-7-11-28(57)12-8-26)17-29(58)18-33(30)78-53-49(71)46(68)44(66)37(80-53)23-76-42(64)20-39(60)61/h2-19,36-38,43-50,52-55,65-72H,20-23H2,1H3,(H4-,56,57,58,59,60,61,62,63)/p+1/t36-,37-,38-,43-,44-,45-,46+,47+,48+,49-,50-,52-,53-,54+,55-/m1/s1. The van der Waals surface area contributed by atoms with Gasteiger partial charge in [-0.1, -0.05) is 18.2 Å². The Balaban J connectivity index is 1.12. The number of aliphatic carboxylic acids is 1. The lowest BCUT2D eigenvalue weighted by Crippen LogP contribution is -2.65. The fourth-order valence-electron chi connectivity index (χ4n) is 8.66. The van der Waals surface area contributed by atoms with Gasteiger partial charge in [-0.25, -0.2) is 14.0 Å². The van der Waals surface area contributed by atoms with Gasteiger partial charge < -0.3 is 114 Å². The molecule has 0 amide bonds. The number of carboxylic acid groups (broad SMARTS) is 1. The quantitative estimate of drug-likeness (QED) is 0.0160. The van der Waals surface area contributed by atoms with E-state index in [1.165, 1.54) is 92.1 Å². The van der Waals surface area contributed by atoms with Crippen molar-refractivity contribution in [1.82, 2.24) is 0 Å². The second-order valence-corrected chi connectivity index (χ2v) is 18.9. The van der Waals surface area contributed by atoms with Gasteiger partial charge in [-0.3, -0.25) is 9.59 Å². The summed E-state index contributed by atoms with van der Waals surface area (Å²) in [5.74, 6) is -6.55. The summed E-state index contributed by atoms with van der Waals surface area (Å²) < 4.78 is 63.1. The summed E-state index contributed by atoms with van der Waals surface area (Å²) in [6, 6.07) is 18.5. The summed E-state index contributed by atoms with van der Waals surface area (Å²) in [4.78, 5) is 48.9. The summed E-state index contributed by atoms with van der Waals surface area (Å²) in [6.45, 7) is -2.38. The van der Waals surface area contributed by atoms with Gasteiger partial charge >= 0.3 is 35.2 Å². The molecule has 3 aliphatic heterocycles. The van der Waals surface area contributed by atoms with Crippen molar-refractivity contribution in [1.29, 1.82) is 0 Å². The van der Waals surface area contributed by atoms with Gasteiger partial charge in [0.1, 0.15) is 122 Å². The van der Waals surface area contributed by atoms with Crippen LogP contribution in [0.5, 0.6) is 40.2 Å². The van der Waals surface area contributed by atoms with Gasteiger partial charge in [-0.2, -0.15) is 0 Å². The van der Waals surface area contributed by atoms with Crippen LogP contribution in [0.2, 0.25) is 0 Å². The minimum atomic E-state index is -2.16. The molecule has 8 rings (SSSR count). The number of fused-ring (bicyclic) bond motifs is 1. The number of carboxylic acids is 1. The lowest BCUT2D eigenvalue weighted by Gasteiger charge is -2.45. The molecule has 28 nitrogen and oxygen atoms in total. The maximum absolute atomic E-state index is 13.1. The maximum atomic E-state index is 13.1. The van der Waals surface area contributed by atoms with Gasteiger partial charge in [0, 0.05) is 24.3 Å². The Bertz CT molecular complexity index is 3150. The van der Waals surface area contributed by atoms with E-state index in [1.807, 2.05) is 0 Å². The predicted octanol–water partition coefficient (Wildman–Crippen LogP) is -0.0523. The number of benzene rings is 4. The normalized spacial score (nSPS) is 28.1. The van der Waals surface area contributed by atoms with E-state index in [0.29, 0.717) is 11.1 Å². The van der Waals surface area contributed by atoms with Crippen molar-refractivity contribution in [3.05, 3.63) is 108 Å². The molecular weight excluding hydrogens is 1110 g/mol. The topological polar surface area (TPSA) is 435 Å². The first kappa shape index (κ1) is 60.9. The number of phenols is 4. The largest absolute Gasteiger partial charge is 0.508 e. The fraction of sp³-hybridized carbons (Fsp3) is 0.364. The number of methoxy groups -OCH3 is 1. The monoisotopic (exact) mass is 1170 g/mol. The molecule has 444 valence electrons. The van der Waals surface area contributed by atoms with E-state index >= 15 is 0 Å². The third-order valence-corrected chi connectivity index (χ3v) is 13.1. The third kappa shape index (κ3) is 14.9. The Morgan fingerprint density at radius 1 is 0.530 bits per heavy atom. The summed E-state index contributed by atoms with van der Waals surface area (Å²) in [5, 5.41) is 139. The first-order valence-electron chi connectivity index (χ1n) is 25.1. The van der Waals surface area contributed by atoms with Crippen LogP contribution in [0.25, 0.3) is 34.4 Å². The summed E-state index contributed by atoms with van der Waals surface area (Å²) in [7, 11) is 1.32. The highest BCUT2D eigenvalue weighted by Gasteiger charge is 2.53. The van der Waals surface area contributed by atoms with Gasteiger partial charge in [0.05, 0.1) is 18.7 Å². The molecule has 0 bridgehead atoms. The molecule has 4 aromatic carbocycles. The number of carbonyl (C=O) groups excluding carboxylic acids is 3. The van der Waals surface area contributed by atoms with Crippen LogP contribution in [0.15, 0.2) is 101 Å². The van der Waals surface area contributed by atoms with Crippen molar-refractivity contribution in [2.45, 2.75) is 98.5 Å². The van der Waals surface area contributed by atoms with Crippen molar-refractivity contribution in [3.63, 3.8) is 0 Å². The molecule has 13 N–H and O–H groups in total. The summed E-state index contributed by atoms with van der Waals surface area (Å²) in [5.41, 5.74) is 0.842.